The third kappa shape index (κ3) is 4.27. The van der Waals surface area contributed by atoms with Crippen LogP contribution >= 0.6 is 0 Å². The molecule has 3 heteroatoms. The van der Waals surface area contributed by atoms with E-state index in [9.17, 15) is 4.79 Å². The average molecular weight is 186 g/mol. The highest BCUT2D eigenvalue weighted by atomic mass is 16.6. The molecular weight excluding hydrogens is 168 g/mol. The van der Waals surface area contributed by atoms with Crippen molar-refractivity contribution in [2.24, 2.45) is 0 Å². The Morgan fingerprint density at radius 2 is 2.15 bits per heavy atom. The normalized spacial score (nSPS) is 25.7. The van der Waals surface area contributed by atoms with Crippen molar-refractivity contribution in [1.82, 2.24) is 0 Å². The van der Waals surface area contributed by atoms with E-state index in [2.05, 4.69) is 6.92 Å². The zero-order valence-electron chi connectivity index (χ0n) is 8.41. The fourth-order valence-corrected chi connectivity index (χ4v) is 1.37. The van der Waals surface area contributed by atoms with E-state index in [1.165, 1.54) is 26.2 Å². The molecule has 0 unspecified atom stereocenters. The van der Waals surface area contributed by atoms with Gasteiger partial charge in [0.15, 0.2) is 0 Å². The number of hydrogen-bond acceptors (Lipinski definition) is 3. The summed E-state index contributed by atoms with van der Waals surface area (Å²) in [6, 6.07) is 0. The maximum atomic E-state index is 10.5. The van der Waals surface area contributed by atoms with Crippen LogP contribution in [0.2, 0.25) is 0 Å². The SMILES string of the molecule is CCCCC[C@@H]1O[C@@H]1COC(C)=O. The van der Waals surface area contributed by atoms with Crippen molar-refractivity contribution in [3.8, 4) is 0 Å². The van der Waals surface area contributed by atoms with E-state index < -0.39 is 0 Å². The van der Waals surface area contributed by atoms with Gasteiger partial charge in [-0.2, -0.15) is 0 Å². The summed E-state index contributed by atoms with van der Waals surface area (Å²) < 4.78 is 10.2. The van der Waals surface area contributed by atoms with Gasteiger partial charge in [-0.05, 0) is 6.42 Å². The van der Waals surface area contributed by atoms with Crippen LogP contribution in [0, 0.1) is 0 Å². The number of rotatable bonds is 6. The Kier molecular flexibility index (Phi) is 4.22. The Labute approximate surface area is 79.4 Å². The molecule has 13 heavy (non-hydrogen) atoms. The van der Waals surface area contributed by atoms with E-state index >= 15 is 0 Å². The van der Waals surface area contributed by atoms with Crippen LogP contribution < -0.4 is 0 Å². The summed E-state index contributed by atoms with van der Waals surface area (Å²) >= 11 is 0. The lowest BCUT2D eigenvalue weighted by molar-refractivity contribution is -0.141. The molecule has 1 heterocycles. The maximum Gasteiger partial charge on any atom is 0.302 e. The quantitative estimate of drug-likeness (QED) is 0.361. The van der Waals surface area contributed by atoms with E-state index in [0.29, 0.717) is 12.7 Å². The molecule has 0 aliphatic carbocycles. The fourth-order valence-electron chi connectivity index (χ4n) is 1.37. The summed E-state index contributed by atoms with van der Waals surface area (Å²) in [5, 5.41) is 0. The molecular formula is C10H18O3. The van der Waals surface area contributed by atoms with Gasteiger partial charge in [0.25, 0.3) is 0 Å². The van der Waals surface area contributed by atoms with Gasteiger partial charge >= 0.3 is 5.97 Å². The van der Waals surface area contributed by atoms with Crippen molar-refractivity contribution in [2.75, 3.05) is 6.61 Å². The van der Waals surface area contributed by atoms with Crippen LogP contribution in [0.3, 0.4) is 0 Å². The van der Waals surface area contributed by atoms with Gasteiger partial charge in [-0.25, -0.2) is 0 Å². The summed E-state index contributed by atoms with van der Waals surface area (Å²) in [5.41, 5.74) is 0. The summed E-state index contributed by atoms with van der Waals surface area (Å²) in [6.07, 6.45) is 5.37. The second kappa shape index (κ2) is 5.22. The third-order valence-electron chi connectivity index (χ3n) is 2.23. The van der Waals surface area contributed by atoms with Crippen LogP contribution in [0.15, 0.2) is 0 Å². The molecule has 1 rings (SSSR count). The lowest BCUT2D eigenvalue weighted by Crippen LogP contribution is -2.08. The molecule has 0 bridgehead atoms. The minimum atomic E-state index is -0.220. The highest BCUT2D eigenvalue weighted by Crippen LogP contribution is 2.27. The summed E-state index contributed by atoms with van der Waals surface area (Å²) in [7, 11) is 0. The van der Waals surface area contributed by atoms with E-state index in [1.54, 1.807) is 0 Å². The van der Waals surface area contributed by atoms with Gasteiger partial charge < -0.3 is 9.47 Å². The largest absolute Gasteiger partial charge is 0.463 e. The number of hydrogen-bond donors (Lipinski definition) is 0. The second-order valence-corrected chi connectivity index (χ2v) is 3.51. The molecule has 1 aliphatic rings. The molecule has 76 valence electrons. The second-order valence-electron chi connectivity index (χ2n) is 3.51. The van der Waals surface area contributed by atoms with Crippen LogP contribution in [0.5, 0.6) is 0 Å². The van der Waals surface area contributed by atoms with Gasteiger partial charge in [0.1, 0.15) is 12.7 Å². The van der Waals surface area contributed by atoms with Gasteiger partial charge in [0, 0.05) is 6.92 Å². The lowest BCUT2D eigenvalue weighted by atomic mass is 10.1. The first-order valence-electron chi connectivity index (χ1n) is 5.03. The fraction of sp³-hybridized carbons (Fsp3) is 0.900. The first-order chi connectivity index (χ1) is 6.24. The highest BCUT2D eigenvalue weighted by molar-refractivity contribution is 5.65. The lowest BCUT2D eigenvalue weighted by Gasteiger charge is -1.97. The van der Waals surface area contributed by atoms with Gasteiger partial charge in [-0.15, -0.1) is 0 Å². The summed E-state index contributed by atoms with van der Waals surface area (Å²) in [6.45, 7) is 4.05. The Hall–Kier alpha value is -0.570. The molecule has 0 spiro atoms. The van der Waals surface area contributed by atoms with E-state index in [-0.39, 0.29) is 12.1 Å². The summed E-state index contributed by atoms with van der Waals surface area (Å²) in [5.74, 6) is -0.220. The third-order valence-corrected chi connectivity index (χ3v) is 2.23. The standard InChI is InChI=1S/C10H18O3/c1-3-4-5-6-9-10(13-9)7-12-8(2)11/h9-10H,3-7H2,1-2H3/t9-,10+/m0/s1. The Morgan fingerprint density at radius 3 is 2.77 bits per heavy atom. The Morgan fingerprint density at radius 1 is 1.38 bits per heavy atom. The topological polar surface area (TPSA) is 38.8 Å². The molecule has 0 aromatic heterocycles. The number of epoxide rings is 1. The van der Waals surface area contributed by atoms with E-state index in [1.807, 2.05) is 0 Å². The number of carbonyl (C=O) groups excluding carboxylic acids is 1. The Bertz CT molecular complexity index is 168. The molecule has 3 nitrogen and oxygen atoms in total. The predicted octanol–water partition coefficient (Wildman–Crippen LogP) is 1.90. The number of ether oxygens (including phenoxy) is 2. The van der Waals surface area contributed by atoms with Gasteiger partial charge in [-0.1, -0.05) is 26.2 Å². The van der Waals surface area contributed by atoms with Crippen molar-refractivity contribution in [3.05, 3.63) is 0 Å². The number of unbranched alkanes of at least 4 members (excludes halogenated alkanes) is 2. The molecule has 1 saturated heterocycles. The first kappa shape index (κ1) is 10.5. The number of carbonyl (C=O) groups is 1. The molecule has 0 aromatic rings. The first-order valence-corrected chi connectivity index (χ1v) is 5.03. The van der Waals surface area contributed by atoms with Gasteiger partial charge in [0.05, 0.1) is 6.10 Å². The van der Waals surface area contributed by atoms with Crippen LogP contribution in [0.1, 0.15) is 39.5 Å². The van der Waals surface area contributed by atoms with Crippen molar-refractivity contribution < 1.29 is 14.3 Å². The van der Waals surface area contributed by atoms with E-state index in [4.69, 9.17) is 9.47 Å². The van der Waals surface area contributed by atoms with E-state index in [0.717, 1.165) is 6.42 Å². The molecule has 1 fully saturated rings. The monoisotopic (exact) mass is 186 g/mol. The van der Waals surface area contributed by atoms with Crippen molar-refractivity contribution in [1.29, 1.82) is 0 Å². The zero-order chi connectivity index (χ0) is 9.68. The van der Waals surface area contributed by atoms with Gasteiger partial charge in [-0.3, -0.25) is 4.79 Å². The molecule has 0 N–H and O–H groups in total. The molecule has 0 aromatic carbocycles. The number of esters is 1. The van der Waals surface area contributed by atoms with Crippen LogP contribution in [0.4, 0.5) is 0 Å². The minimum absolute atomic E-state index is 0.181. The Balaban J connectivity index is 1.93. The summed E-state index contributed by atoms with van der Waals surface area (Å²) in [4.78, 5) is 10.5. The maximum absolute atomic E-state index is 10.5. The van der Waals surface area contributed by atoms with Crippen LogP contribution in [-0.4, -0.2) is 24.8 Å². The molecule has 0 saturated carbocycles. The zero-order valence-corrected chi connectivity index (χ0v) is 8.41. The molecule has 0 amide bonds. The van der Waals surface area contributed by atoms with Crippen molar-refractivity contribution in [3.63, 3.8) is 0 Å². The molecule has 1 aliphatic heterocycles. The molecule has 0 radical (unpaired) electrons. The minimum Gasteiger partial charge on any atom is -0.463 e. The molecule has 2 atom stereocenters. The average Bonchev–Trinajstić information content (AvgIpc) is 2.81. The van der Waals surface area contributed by atoms with Crippen LogP contribution in [0.25, 0.3) is 0 Å². The highest BCUT2D eigenvalue weighted by Gasteiger charge is 2.38. The van der Waals surface area contributed by atoms with Crippen LogP contribution in [-0.2, 0) is 14.3 Å². The smallest absolute Gasteiger partial charge is 0.302 e. The van der Waals surface area contributed by atoms with Gasteiger partial charge in [0.2, 0.25) is 0 Å². The van der Waals surface area contributed by atoms with Crippen molar-refractivity contribution >= 4 is 5.97 Å². The van der Waals surface area contributed by atoms with Crippen molar-refractivity contribution in [2.45, 2.75) is 51.7 Å². The predicted molar refractivity (Wildman–Crippen MR) is 49.4 cm³/mol.